The van der Waals surface area contributed by atoms with Crippen LogP contribution in [0.25, 0.3) is 0 Å². The Morgan fingerprint density at radius 1 is 1.41 bits per heavy atom. The molecule has 0 radical (unpaired) electrons. The van der Waals surface area contributed by atoms with E-state index in [9.17, 15) is 18.0 Å². The van der Waals surface area contributed by atoms with Crippen LogP contribution in [-0.4, -0.2) is 33.6 Å². The van der Waals surface area contributed by atoms with Crippen molar-refractivity contribution in [2.45, 2.75) is 44.9 Å². The molecule has 1 aliphatic rings. The monoisotopic (exact) mass is 335 g/mol. The minimum Gasteiger partial charge on any atom is -0.334 e. The first-order valence-corrected chi connectivity index (χ1v) is 7.35. The number of halogens is 4. The molecule has 0 aliphatic heterocycles. The highest BCUT2D eigenvalue weighted by molar-refractivity contribution is 6.31. The van der Waals surface area contributed by atoms with Crippen LogP contribution in [0.4, 0.5) is 13.2 Å². The fourth-order valence-electron chi connectivity index (χ4n) is 2.43. The predicted octanol–water partition coefficient (Wildman–Crippen LogP) is 3.47. The number of likely N-dealkylation sites (N-methyl/N-ethyl adjacent to an activating group) is 1. The van der Waals surface area contributed by atoms with Gasteiger partial charge in [-0.2, -0.15) is 13.2 Å². The molecule has 0 fully saturated rings. The maximum absolute atomic E-state index is 12.5. The molecule has 0 spiro atoms. The third kappa shape index (κ3) is 4.25. The molecule has 0 N–H and O–H groups in total. The lowest BCUT2D eigenvalue weighted by Gasteiger charge is -2.22. The molecule has 122 valence electrons. The van der Waals surface area contributed by atoms with Gasteiger partial charge in [-0.15, -0.1) is 0 Å². The van der Waals surface area contributed by atoms with Crippen LogP contribution < -0.4 is 0 Å². The van der Waals surface area contributed by atoms with Crippen molar-refractivity contribution < 1.29 is 18.0 Å². The van der Waals surface area contributed by atoms with Gasteiger partial charge in [0, 0.05) is 30.0 Å². The maximum Gasteiger partial charge on any atom is 0.406 e. The van der Waals surface area contributed by atoms with Crippen molar-refractivity contribution in [1.29, 1.82) is 0 Å². The largest absolute Gasteiger partial charge is 0.406 e. The van der Waals surface area contributed by atoms with Gasteiger partial charge >= 0.3 is 6.18 Å². The van der Waals surface area contributed by atoms with E-state index in [2.05, 4.69) is 4.98 Å². The molecular weight excluding hydrogens is 319 g/mol. The smallest absolute Gasteiger partial charge is 0.334 e. The van der Waals surface area contributed by atoms with Crippen LogP contribution in [0.15, 0.2) is 23.0 Å². The van der Waals surface area contributed by atoms with Crippen LogP contribution in [-0.2, 0) is 17.9 Å². The van der Waals surface area contributed by atoms with Gasteiger partial charge in [-0.05, 0) is 25.7 Å². The second-order valence-electron chi connectivity index (χ2n) is 5.34. The molecule has 1 aromatic rings. The molecule has 0 atom stereocenters. The van der Waals surface area contributed by atoms with Crippen LogP contribution >= 0.6 is 11.6 Å². The number of nitrogens with zero attached hydrogens (tertiary/aromatic N) is 3. The zero-order valence-electron chi connectivity index (χ0n) is 12.2. The average molecular weight is 336 g/mol. The normalized spacial score (nSPS) is 16.0. The zero-order chi connectivity index (χ0) is 16.3. The quantitative estimate of drug-likeness (QED) is 0.845. The number of carbonyl (C=O) groups is 1. The van der Waals surface area contributed by atoms with Gasteiger partial charge in [0.15, 0.2) is 0 Å². The number of imidazole rings is 1. The molecule has 4 nitrogen and oxygen atoms in total. The van der Waals surface area contributed by atoms with Gasteiger partial charge in [-0.3, -0.25) is 4.79 Å². The number of hydrogen-bond donors (Lipinski definition) is 0. The summed E-state index contributed by atoms with van der Waals surface area (Å²) < 4.78 is 38.4. The summed E-state index contributed by atoms with van der Waals surface area (Å²) in [5, 5.41) is 0.557. The van der Waals surface area contributed by atoms with Crippen molar-refractivity contribution in [3.05, 3.63) is 28.8 Å². The van der Waals surface area contributed by atoms with Crippen LogP contribution in [0.5, 0.6) is 0 Å². The fourth-order valence-corrected chi connectivity index (χ4v) is 2.74. The Labute approximate surface area is 131 Å². The molecular formula is C14H17ClF3N3O. The predicted molar refractivity (Wildman–Crippen MR) is 76.1 cm³/mol. The second-order valence-corrected chi connectivity index (χ2v) is 5.79. The molecule has 1 aromatic heterocycles. The van der Waals surface area contributed by atoms with E-state index in [0.29, 0.717) is 23.4 Å². The summed E-state index contributed by atoms with van der Waals surface area (Å²) in [5.74, 6) is -0.0491. The molecule has 1 amide bonds. The lowest BCUT2D eigenvalue weighted by molar-refractivity contribution is -0.141. The first-order valence-electron chi connectivity index (χ1n) is 6.97. The van der Waals surface area contributed by atoms with Crippen molar-refractivity contribution in [1.82, 2.24) is 14.5 Å². The van der Waals surface area contributed by atoms with Gasteiger partial charge in [-0.25, -0.2) is 4.98 Å². The molecule has 2 rings (SSSR count). The van der Waals surface area contributed by atoms with E-state index in [0.717, 1.165) is 17.4 Å². The molecule has 0 saturated heterocycles. The highest BCUT2D eigenvalue weighted by Crippen LogP contribution is 2.28. The van der Waals surface area contributed by atoms with Crippen LogP contribution in [0.3, 0.4) is 0 Å². The summed E-state index contributed by atoms with van der Waals surface area (Å²) in [7, 11) is 1.54. The Morgan fingerprint density at radius 3 is 2.73 bits per heavy atom. The second kappa shape index (κ2) is 6.73. The van der Waals surface area contributed by atoms with Crippen LogP contribution in [0, 0.1) is 0 Å². The Morgan fingerprint density at radius 2 is 2.09 bits per heavy atom. The van der Waals surface area contributed by atoms with E-state index in [1.54, 1.807) is 7.05 Å². The number of allylic oxidation sites excluding steroid dienone is 1. The van der Waals surface area contributed by atoms with E-state index in [4.69, 9.17) is 11.6 Å². The van der Waals surface area contributed by atoms with Crippen molar-refractivity contribution in [2.24, 2.45) is 0 Å². The number of amides is 1. The molecule has 0 unspecified atom stereocenters. The Bertz CT molecular complexity index is 580. The highest BCUT2D eigenvalue weighted by atomic mass is 35.5. The SMILES string of the molecule is CN(Cc1nccn1CC(F)(F)F)C(=O)C1=C(Cl)CCCC1. The standard InChI is InChI=1S/C14H17ClF3N3O/c1-20(13(22)10-4-2-3-5-11(10)15)8-12-19-6-7-21(12)9-14(16,17)18/h6-7H,2-5,8-9H2,1H3. The minimum atomic E-state index is -4.33. The van der Waals surface area contributed by atoms with Gasteiger partial charge in [0.05, 0.1) is 6.54 Å². The molecule has 1 aliphatic carbocycles. The summed E-state index contributed by atoms with van der Waals surface area (Å²) in [6, 6.07) is 0. The number of hydrogen-bond acceptors (Lipinski definition) is 2. The molecule has 0 bridgehead atoms. The number of aromatic nitrogens is 2. The molecule has 0 aromatic carbocycles. The van der Waals surface area contributed by atoms with Gasteiger partial charge in [-0.1, -0.05) is 11.6 Å². The third-order valence-electron chi connectivity index (χ3n) is 3.54. The Kier molecular flexibility index (Phi) is 5.16. The van der Waals surface area contributed by atoms with E-state index in [1.807, 2.05) is 0 Å². The first-order chi connectivity index (χ1) is 10.3. The van der Waals surface area contributed by atoms with E-state index in [-0.39, 0.29) is 18.3 Å². The van der Waals surface area contributed by atoms with Crippen molar-refractivity contribution in [3.63, 3.8) is 0 Å². The molecule has 22 heavy (non-hydrogen) atoms. The zero-order valence-corrected chi connectivity index (χ0v) is 12.9. The van der Waals surface area contributed by atoms with Gasteiger partial charge in [0.1, 0.15) is 12.4 Å². The number of carbonyl (C=O) groups excluding carboxylic acids is 1. The van der Waals surface area contributed by atoms with Crippen molar-refractivity contribution >= 4 is 17.5 Å². The van der Waals surface area contributed by atoms with Gasteiger partial charge < -0.3 is 9.47 Å². The molecule has 1 heterocycles. The van der Waals surface area contributed by atoms with E-state index in [1.165, 1.54) is 17.3 Å². The Hall–Kier alpha value is -1.50. The molecule has 8 heteroatoms. The van der Waals surface area contributed by atoms with Crippen LogP contribution in [0.1, 0.15) is 31.5 Å². The summed E-state index contributed by atoms with van der Waals surface area (Å²) in [6.07, 6.45) is 1.37. The topological polar surface area (TPSA) is 38.1 Å². The van der Waals surface area contributed by atoms with Crippen molar-refractivity contribution in [2.75, 3.05) is 7.05 Å². The summed E-state index contributed by atoms with van der Waals surface area (Å²) in [4.78, 5) is 17.6. The third-order valence-corrected chi connectivity index (χ3v) is 3.95. The number of alkyl halides is 3. The lowest BCUT2D eigenvalue weighted by Crippen LogP contribution is -2.31. The average Bonchev–Trinajstić information content (AvgIpc) is 2.83. The summed E-state index contributed by atoms with van der Waals surface area (Å²) >= 11 is 6.08. The number of rotatable bonds is 4. The Balaban J connectivity index is 2.08. The highest BCUT2D eigenvalue weighted by Gasteiger charge is 2.29. The van der Waals surface area contributed by atoms with Gasteiger partial charge in [0.2, 0.25) is 0 Å². The van der Waals surface area contributed by atoms with Crippen molar-refractivity contribution in [3.8, 4) is 0 Å². The molecule has 0 saturated carbocycles. The summed E-state index contributed by atoms with van der Waals surface area (Å²) in [5.41, 5.74) is 0.560. The lowest BCUT2D eigenvalue weighted by atomic mass is 9.98. The minimum absolute atomic E-state index is 0.00951. The van der Waals surface area contributed by atoms with Gasteiger partial charge in [0.25, 0.3) is 5.91 Å². The maximum atomic E-state index is 12.5. The fraction of sp³-hybridized carbons (Fsp3) is 0.571. The first kappa shape index (κ1) is 16.9. The van der Waals surface area contributed by atoms with Crippen LogP contribution in [0.2, 0.25) is 0 Å². The van der Waals surface area contributed by atoms with E-state index >= 15 is 0 Å². The summed E-state index contributed by atoms with van der Waals surface area (Å²) in [6.45, 7) is -1.11. The van der Waals surface area contributed by atoms with E-state index < -0.39 is 12.7 Å².